The molecule has 1 aliphatic heterocycles. The highest BCUT2D eigenvalue weighted by Gasteiger charge is 2.44. The Bertz CT molecular complexity index is 942. The predicted octanol–water partition coefficient (Wildman–Crippen LogP) is 10.9. The molecule has 1 aliphatic rings. The average Bonchev–Trinajstić information content (AvgIpc) is 3.26. The Morgan fingerprint density at radius 3 is 1.21 bits per heavy atom. The number of aliphatic hydroxyl groups is 6. The summed E-state index contributed by atoms with van der Waals surface area (Å²) in [4.78, 5) is 13.0. The van der Waals surface area contributed by atoms with Crippen molar-refractivity contribution in [2.45, 2.75) is 307 Å². The van der Waals surface area contributed by atoms with Gasteiger partial charge in [0.2, 0.25) is 5.91 Å². The predicted molar refractivity (Wildman–Crippen MR) is 250 cm³/mol. The molecule has 0 aromatic rings. The summed E-state index contributed by atoms with van der Waals surface area (Å²) < 4.78 is 11.2. The molecule has 0 radical (unpaired) electrons. The number of hydrogen-bond acceptors (Lipinski definition) is 9. The van der Waals surface area contributed by atoms with Gasteiger partial charge in [0.15, 0.2) is 6.29 Å². The van der Waals surface area contributed by atoms with Crippen molar-refractivity contribution < 1.29 is 44.9 Å². The number of rotatable bonds is 45. The quantitative estimate of drug-likeness (QED) is 0.0295. The molecule has 1 fully saturated rings. The lowest BCUT2D eigenvalue weighted by molar-refractivity contribution is -0.303. The van der Waals surface area contributed by atoms with E-state index in [1.165, 1.54) is 186 Å². The van der Waals surface area contributed by atoms with Crippen LogP contribution in [0.3, 0.4) is 0 Å². The second-order valence-corrected chi connectivity index (χ2v) is 18.8. The molecule has 1 amide bonds. The highest BCUT2D eigenvalue weighted by Crippen LogP contribution is 2.23. The Kier molecular flexibility index (Phi) is 39.9. The van der Waals surface area contributed by atoms with Crippen LogP contribution in [0.4, 0.5) is 0 Å². The van der Waals surface area contributed by atoms with Gasteiger partial charge in [-0.3, -0.25) is 4.79 Å². The third-order valence-corrected chi connectivity index (χ3v) is 13.1. The molecule has 1 rings (SSSR count). The van der Waals surface area contributed by atoms with Crippen LogP contribution in [-0.2, 0) is 14.3 Å². The fourth-order valence-corrected chi connectivity index (χ4v) is 8.79. The molecular weight excluding hydrogens is 771 g/mol. The summed E-state index contributed by atoms with van der Waals surface area (Å²) in [5, 5.41) is 65.2. The first-order valence-electron chi connectivity index (χ1n) is 26.3. The second-order valence-electron chi connectivity index (χ2n) is 18.8. The van der Waals surface area contributed by atoms with Crippen LogP contribution in [-0.4, -0.2) is 98.7 Å². The van der Waals surface area contributed by atoms with Crippen LogP contribution in [0.5, 0.6) is 0 Å². The van der Waals surface area contributed by atoms with Crippen molar-refractivity contribution in [2.75, 3.05) is 13.2 Å². The van der Waals surface area contributed by atoms with Crippen LogP contribution < -0.4 is 5.32 Å². The van der Waals surface area contributed by atoms with Crippen molar-refractivity contribution in [3.8, 4) is 0 Å². The van der Waals surface area contributed by atoms with Crippen molar-refractivity contribution in [3.63, 3.8) is 0 Å². The van der Waals surface area contributed by atoms with E-state index in [-0.39, 0.29) is 18.9 Å². The van der Waals surface area contributed by atoms with Crippen molar-refractivity contribution in [2.24, 2.45) is 0 Å². The van der Waals surface area contributed by atoms with Gasteiger partial charge in [-0.1, -0.05) is 239 Å². The summed E-state index contributed by atoms with van der Waals surface area (Å²) in [5.74, 6) is -0.252. The van der Waals surface area contributed by atoms with Gasteiger partial charge < -0.3 is 45.4 Å². The molecule has 364 valence electrons. The van der Waals surface area contributed by atoms with Gasteiger partial charge in [0.25, 0.3) is 0 Å². The number of aliphatic hydroxyl groups excluding tert-OH is 6. The monoisotopic (exact) mass is 872 g/mol. The number of hydrogen-bond donors (Lipinski definition) is 7. The third kappa shape index (κ3) is 31.6. The minimum absolute atomic E-state index is 0.252. The van der Waals surface area contributed by atoms with Gasteiger partial charge >= 0.3 is 0 Å². The molecule has 0 aromatic carbocycles. The molecule has 0 saturated carbocycles. The van der Waals surface area contributed by atoms with E-state index in [0.717, 1.165) is 44.9 Å². The van der Waals surface area contributed by atoms with E-state index in [2.05, 4.69) is 19.2 Å². The van der Waals surface area contributed by atoms with Gasteiger partial charge in [-0.25, -0.2) is 0 Å². The minimum atomic E-state index is -1.60. The number of nitrogens with one attached hydrogen (secondary N) is 1. The maximum atomic E-state index is 13.0. The van der Waals surface area contributed by atoms with Crippen molar-refractivity contribution in [1.82, 2.24) is 5.32 Å². The number of ether oxygens (including phenoxy) is 2. The van der Waals surface area contributed by atoms with Gasteiger partial charge in [0.1, 0.15) is 30.5 Å². The lowest BCUT2D eigenvalue weighted by atomic mass is 9.98. The fourth-order valence-electron chi connectivity index (χ4n) is 8.79. The van der Waals surface area contributed by atoms with Crippen molar-refractivity contribution in [3.05, 3.63) is 0 Å². The SMILES string of the molecule is CCCCCCCCCCCCCCCCCCCCCCCCCCCC(=O)N[C@@H](CO[C@@H]1O[C@H](CO)[C@@H](O)C(O)C1O)[C@H](O)[C@H](O)CCCCCCCCCCCCC. The zero-order valence-electron chi connectivity index (χ0n) is 39.8. The largest absolute Gasteiger partial charge is 0.394 e. The average molecular weight is 872 g/mol. The third-order valence-electron chi connectivity index (χ3n) is 13.1. The molecule has 0 aromatic heterocycles. The number of amides is 1. The first kappa shape index (κ1) is 58.2. The fraction of sp³-hybridized carbons (Fsp3) is 0.980. The molecule has 1 saturated heterocycles. The molecule has 0 aliphatic carbocycles. The molecule has 61 heavy (non-hydrogen) atoms. The summed E-state index contributed by atoms with van der Waals surface area (Å²) in [5.41, 5.74) is 0. The second kappa shape index (κ2) is 41.8. The maximum absolute atomic E-state index is 13.0. The molecule has 0 spiro atoms. The zero-order chi connectivity index (χ0) is 44.6. The Morgan fingerprint density at radius 1 is 0.508 bits per heavy atom. The summed E-state index contributed by atoms with van der Waals surface area (Å²) in [7, 11) is 0. The molecule has 7 N–H and O–H groups in total. The Hall–Kier alpha value is -0.850. The van der Waals surface area contributed by atoms with E-state index in [9.17, 15) is 35.4 Å². The maximum Gasteiger partial charge on any atom is 0.220 e. The lowest BCUT2D eigenvalue weighted by Crippen LogP contribution is -2.60. The van der Waals surface area contributed by atoms with Gasteiger partial charge in [-0.05, 0) is 12.8 Å². The van der Waals surface area contributed by atoms with Crippen molar-refractivity contribution in [1.29, 1.82) is 0 Å². The molecule has 0 bridgehead atoms. The van der Waals surface area contributed by atoms with Crippen LogP contribution in [0, 0.1) is 0 Å². The minimum Gasteiger partial charge on any atom is -0.394 e. The summed E-state index contributed by atoms with van der Waals surface area (Å²) in [6.07, 6.45) is 37.0. The summed E-state index contributed by atoms with van der Waals surface area (Å²) in [6.45, 7) is 3.62. The topological polar surface area (TPSA) is 169 Å². The van der Waals surface area contributed by atoms with Crippen molar-refractivity contribution >= 4 is 5.91 Å². The first-order valence-corrected chi connectivity index (χ1v) is 26.3. The summed E-state index contributed by atoms with van der Waals surface area (Å²) in [6, 6.07) is -0.984. The number of carbonyl (C=O) groups excluding carboxylic acids is 1. The van der Waals surface area contributed by atoms with Gasteiger partial charge in [-0.15, -0.1) is 0 Å². The van der Waals surface area contributed by atoms with E-state index < -0.39 is 55.6 Å². The van der Waals surface area contributed by atoms with E-state index in [1.54, 1.807) is 0 Å². The Balaban J connectivity index is 2.22. The van der Waals surface area contributed by atoms with Crippen LogP contribution >= 0.6 is 0 Å². The highest BCUT2D eigenvalue weighted by molar-refractivity contribution is 5.76. The van der Waals surface area contributed by atoms with Crippen LogP contribution in [0.1, 0.15) is 258 Å². The normalized spacial score (nSPS) is 20.8. The van der Waals surface area contributed by atoms with Gasteiger partial charge in [0.05, 0.1) is 25.4 Å². The summed E-state index contributed by atoms with van der Waals surface area (Å²) >= 11 is 0. The van der Waals surface area contributed by atoms with Crippen LogP contribution in [0.2, 0.25) is 0 Å². The molecule has 1 heterocycles. The highest BCUT2D eigenvalue weighted by atomic mass is 16.7. The molecule has 2 unspecified atom stereocenters. The van der Waals surface area contributed by atoms with E-state index in [0.29, 0.717) is 6.42 Å². The van der Waals surface area contributed by atoms with Crippen LogP contribution in [0.15, 0.2) is 0 Å². The van der Waals surface area contributed by atoms with E-state index in [1.807, 2.05) is 0 Å². The number of carbonyl (C=O) groups is 1. The van der Waals surface area contributed by atoms with Crippen LogP contribution in [0.25, 0.3) is 0 Å². The molecule has 8 atom stereocenters. The zero-order valence-corrected chi connectivity index (χ0v) is 39.8. The Morgan fingerprint density at radius 2 is 0.852 bits per heavy atom. The first-order chi connectivity index (χ1) is 29.8. The molecular formula is C51H101NO9. The smallest absolute Gasteiger partial charge is 0.220 e. The molecule has 10 heteroatoms. The number of unbranched alkanes of at least 4 members (excludes halogenated alkanes) is 34. The standard InChI is InChI=1S/C51H101NO9/c1-3-5-7-9-11-13-15-16-17-18-19-20-21-22-23-24-25-26-27-28-30-32-34-36-38-40-46(55)52-43(42-60-51-50(59)49(58)48(57)45(41-53)61-51)47(56)44(54)39-37-35-33-31-29-14-12-10-8-6-4-2/h43-45,47-51,53-54,56-59H,3-42H2,1-2H3,(H,52,55)/t43-,44+,45+,47-,48+,49?,50?,51+/m0/s1. The van der Waals surface area contributed by atoms with Gasteiger partial charge in [-0.2, -0.15) is 0 Å². The lowest BCUT2D eigenvalue weighted by Gasteiger charge is -2.40. The van der Waals surface area contributed by atoms with E-state index in [4.69, 9.17) is 9.47 Å². The molecule has 10 nitrogen and oxygen atoms in total. The van der Waals surface area contributed by atoms with E-state index >= 15 is 0 Å². The van der Waals surface area contributed by atoms with Gasteiger partial charge in [0, 0.05) is 6.42 Å². The Labute approximate surface area is 375 Å².